The van der Waals surface area contributed by atoms with Gasteiger partial charge in [-0.1, -0.05) is 23.7 Å². The fourth-order valence-electron chi connectivity index (χ4n) is 2.26. The van der Waals surface area contributed by atoms with Gasteiger partial charge in [0.25, 0.3) is 0 Å². The predicted molar refractivity (Wildman–Crippen MR) is 92.9 cm³/mol. The van der Waals surface area contributed by atoms with E-state index in [4.69, 9.17) is 16.3 Å². The van der Waals surface area contributed by atoms with Crippen molar-refractivity contribution in [2.45, 2.75) is 0 Å². The van der Waals surface area contributed by atoms with Gasteiger partial charge in [-0.3, -0.25) is 15.6 Å². The summed E-state index contributed by atoms with van der Waals surface area (Å²) in [5.41, 5.74) is 8.07. The molecule has 0 aliphatic rings. The molecule has 2 aromatic heterocycles. The first kappa shape index (κ1) is 16.6. The molecule has 126 valence electrons. The van der Waals surface area contributed by atoms with Gasteiger partial charge in [0.05, 0.1) is 13.3 Å². The minimum absolute atomic E-state index is 0.249. The van der Waals surface area contributed by atoms with Gasteiger partial charge in [0.2, 0.25) is 6.41 Å². The summed E-state index contributed by atoms with van der Waals surface area (Å²) < 4.78 is 4.99. The summed E-state index contributed by atoms with van der Waals surface area (Å²) in [6.45, 7) is 0. The molecule has 0 saturated heterocycles. The Morgan fingerprint density at radius 2 is 1.80 bits per heavy atom. The maximum absolute atomic E-state index is 10.6. The minimum atomic E-state index is 0.249. The highest BCUT2D eigenvalue weighted by Gasteiger charge is 2.16. The van der Waals surface area contributed by atoms with Crippen LogP contribution in [0.1, 0.15) is 0 Å². The van der Waals surface area contributed by atoms with Crippen LogP contribution in [-0.4, -0.2) is 33.7 Å². The third-order valence-electron chi connectivity index (χ3n) is 3.35. The topological polar surface area (TPSA) is 102 Å². The lowest BCUT2D eigenvalue weighted by Gasteiger charge is -2.14. The Morgan fingerprint density at radius 3 is 2.44 bits per heavy atom. The van der Waals surface area contributed by atoms with E-state index in [2.05, 4.69) is 31.0 Å². The van der Waals surface area contributed by atoms with Crippen LogP contribution >= 0.6 is 11.6 Å². The van der Waals surface area contributed by atoms with Crippen LogP contribution in [-0.2, 0) is 4.79 Å². The van der Waals surface area contributed by atoms with Crippen LogP contribution in [0.3, 0.4) is 0 Å². The van der Waals surface area contributed by atoms with Crippen molar-refractivity contribution in [3.63, 3.8) is 0 Å². The van der Waals surface area contributed by atoms with Crippen molar-refractivity contribution in [1.29, 1.82) is 0 Å². The van der Waals surface area contributed by atoms with Crippen LogP contribution in [0.25, 0.3) is 22.3 Å². The van der Waals surface area contributed by atoms with Gasteiger partial charge >= 0.3 is 6.01 Å². The molecule has 0 saturated carbocycles. The third-order valence-corrected chi connectivity index (χ3v) is 3.61. The Labute approximate surface area is 148 Å². The number of anilines is 1. The quantitative estimate of drug-likeness (QED) is 0.516. The number of ether oxygens (including phenoxy) is 1. The van der Waals surface area contributed by atoms with Crippen molar-refractivity contribution >= 4 is 23.8 Å². The second kappa shape index (κ2) is 7.54. The van der Waals surface area contributed by atoms with Crippen molar-refractivity contribution in [2.24, 2.45) is 0 Å². The second-order valence-electron chi connectivity index (χ2n) is 4.83. The molecule has 0 radical (unpaired) electrons. The highest BCUT2D eigenvalue weighted by atomic mass is 35.5. The standard InChI is InChI=1S/C16H13ClN6O2/c1-25-16-18-6-11(7-19-16)14-13(10-2-4-12(17)5-3-10)8-20-22-15(14)23-21-9-24/h2-9H,1H3,(H,21,24)(H,22,23). The Bertz CT molecular complexity index is 871. The molecular weight excluding hydrogens is 344 g/mol. The van der Waals surface area contributed by atoms with Crippen LogP contribution in [0.2, 0.25) is 5.02 Å². The van der Waals surface area contributed by atoms with E-state index < -0.39 is 0 Å². The van der Waals surface area contributed by atoms with E-state index in [0.29, 0.717) is 28.4 Å². The number of hydrazine groups is 1. The summed E-state index contributed by atoms with van der Waals surface area (Å²) in [7, 11) is 1.49. The van der Waals surface area contributed by atoms with Gasteiger partial charge in [-0.2, -0.15) is 5.10 Å². The maximum Gasteiger partial charge on any atom is 0.316 e. The number of amides is 1. The molecule has 0 unspecified atom stereocenters. The first-order valence-corrected chi connectivity index (χ1v) is 7.54. The first-order valence-electron chi connectivity index (χ1n) is 7.16. The van der Waals surface area contributed by atoms with E-state index >= 15 is 0 Å². The summed E-state index contributed by atoms with van der Waals surface area (Å²) in [6, 6.07) is 7.54. The summed E-state index contributed by atoms with van der Waals surface area (Å²) in [5.74, 6) is 0.355. The molecule has 0 bridgehead atoms. The Hall–Kier alpha value is -3.26. The molecular formula is C16H13ClN6O2. The molecule has 2 heterocycles. The smallest absolute Gasteiger partial charge is 0.316 e. The molecule has 8 nitrogen and oxygen atoms in total. The number of rotatable bonds is 6. The second-order valence-corrected chi connectivity index (χ2v) is 5.27. The number of aromatic nitrogens is 4. The van der Waals surface area contributed by atoms with Gasteiger partial charge in [-0.15, -0.1) is 5.10 Å². The van der Waals surface area contributed by atoms with Crippen LogP contribution in [0, 0.1) is 0 Å². The highest BCUT2D eigenvalue weighted by Crippen LogP contribution is 2.35. The third kappa shape index (κ3) is 3.64. The average molecular weight is 357 g/mol. The summed E-state index contributed by atoms with van der Waals surface area (Å²) in [4.78, 5) is 18.9. The average Bonchev–Trinajstić information content (AvgIpc) is 2.67. The van der Waals surface area contributed by atoms with Gasteiger partial charge in [-0.25, -0.2) is 9.97 Å². The van der Waals surface area contributed by atoms with Crippen LogP contribution < -0.4 is 15.6 Å². The van der Waals surface area contributed by atoms with E-state index in [1.54, 1.807) is 30.7 Å². The first-order chi connectivity index (χ1) is 12.2. The molecule has 2 N–H and O–H groups in total. The molecule has 25 heavy (non-hydrogen) atoms. The minimum Gasteiger partial charge on any atom is -0.467 e. The zero-order chi connectivity index (χ0) is 17.6. The zero-order valence-electron chi connectivity index (χ0n) is 13.1. The molecule has 0 aliphatic heterocycles. The Kier molecular flexibility index (Phi) is 5.00. The SMILES string of the molecule is COc1ncc(-c2c(-c3ccc(Cl)cc3)cnnc2NNC=O)cn1. The fourth-order valence-corrected chi connectivity index (χ4v) is 2.39. The fraction of sp³-hybridized carbons (Fsp3) is 0.0625. The highest BCUT2D eigenvalue weighted by molar-refractivity contribution is 6.30. The van der Waals surface area contributed by atoms with E-state index in [1.165, 1.54) is 7.11 Å². The lowest BCUT2D eigenvalue weighted by molar-refractivity contribution is -0.109. The maximum atomic E-state index is 10.6. The Morgan fingerprint density at radius 1 is 1.08 bits per heavy atom. The number of halogens is 1. The van der Waals surface area contributed by atoms with Crippen LogP contribution in [0.5, 0.6) is 6.01 Å². The summed E-state index contributed by atoms with van der Waals surface area (Å²) in [6.07, 6.45) is 5.34. The van der Waals surface area contributed by atoms with E-state index in [1.807, 2.05) is 12.1 Å². The summed E-state index contributed by atoms with van der Waals surface area (Å²) >= 11 is 5.97. The van der Waals surface area contributed by atoms with E-state index in [-0.39, 0.29) is 6.01 Å². The lowest BCUT2D eigenvalue weighted by atomic mass is 9.98. The number of carbonyl (C=O) groups is 1. The molecule has 3 rings (SSSR count). The molecule has 0 aliphatic carbocycles. The van der Waals surface area contributed by atoms with Crippen molar-refractivity contribution in [3.05, 3.63) is 47.9 Å². The molecule has 9 heteroatoms. The lowest BCUT2D eigenvalue weighted by Crippen LogP contribution is -2.21. The Balaban J connectivity index is 2.16. The normalized spacial score (nSPS) is 10.2. The zero-order valence-corrected chi connectivity index (χ0v) is 13.9. The monoisotopic (exact) mass is 356 g/mol. The van der Waals surface area contributed by atoms with Crippen molar-refractivity contribution in [3.8, 4) is 28.3 Å². The number of nitrogens with zero attached hydrogens (tertiary/aromatic N) is 4. The number of nitrogens with one attached hydrogen (secondary N) is 2. The van der Waals surface area contributed by atoms with E-state index in [9.17, 15) is 4.79 Å². The van der Waals surface area contributed by atoms with Gasteiger partial charge in [0.15, 0.2) is 5.82 Å². The molecule has 0 spiro atoms. The van der Waals surface area contributed by atoms with Gasteiger partial charge in [-0.05, 0) is 17.7 Å². The summed E-state index contributed by atoms with van der Waals surface area (Å²) in [5, 5.41) is 8.66. The largest absolute Gasteiger partial charge is 0.467 e. The van der Waals surface area contributed by atoms with Crippen molar-refractivity contribution < 1.29 is 9.53 Å². The molecule has 1 amide bonds. The van der Waals surface area contributed by atoms with Crippen molar-refractivity contribution in [1.82, 2.24) is 25.6 Å². The van der Waals surface area contributed by atoms with Crippen LogP contribution in [0.4, 0.5) is 5.82 Å². The molecule has 0 fully saturated rings. The molecule has 3 aromatic rings. The molecule has 1 aromatic carbocycles. The number of hydrogen-bond donors (Lipinski definition) is 2. The molecule has 0 atom stereocenters. The predicted octanol–water partition coefficient (Wildman–Crippen LogP) is 2.34. The van der Waals surface area contributed by atoms with Gasteiger partial charge in [0.1, 0.15) is 0 Å². The van der Waals surface area contributed by atoms with Crippen molar-refractivity contribution in [2.75, 3.05) is 12.5 Å². The number of benzene rings is 1. The number of methoxy groups -OCH3 is 1. The van der Waals surface area contributed by atoms with E-state index in [0.717, 1.165) is 11.1 Å². The number of hydrogen-bond acceptors (Lipinski definition) is 7. The number of carbonyl (C=O) groups excluding carboxylic acids is 1. The van der Waals surface area contributed by atoms with Gasteiger partial charge < -0.3 is 4.74 Å². The van der Waals surface area contributed by atoms with Crippen LogP contribution in [0.15, 0.2) is 42.9 Å². The van der Waals surface area contributed by atoms with Gasteiger partial charge in [0, 0.05) is 34.1 Å².